The molecule has 2 heteroatoms. The van der Waals surface area contributed by atoms with Crippen molar-refractivity contribution < 1.29 is 0 Å². The molecule has 0 fully saturated rings. The van der Waals surface area contributed by atoms with Crippen LogP contribution in [0.2, 0.25) is 0 Å². The van der Waals surface area contributed by atoms with Gasteiger partial charge in [0.05, 0.1) is 11.4 Å². The first-order valence-electron chi connectivity index (χ1n) is 8.86. The second-order valence-electron chi connectivity index (χ2n) is 6.34. The van der Waals surface area contributed by atoms with Crippen LogP contribution in [0, 0.1) is 11.8 Å². The van der Waals surface area contributed by atoms with E-state index < -0.39 is 0 Å². The summed E-state index contributed by atoms with van der Waals surface area (Å²) in [5.74, 6) is 0.635. The quantitative estimate of drug-likeness (QED) is 0.577. The minimum Gasteiger partial charge on any atom is -0.260 e. The largest absolute Gasteiger partial charge is 0.260 e. The van der Waals surface area contributed by atoms with E-state index in [0.29, 0.717) is 11.8 Å². The van der Waals surface area contributed by atoms with Gasteiger partial charge >= 0.3 is 0 Å². The van der Waals surface area contributed by atoms with E-state index in [0.717, 1.165) is 11.4 Å². The lowest BCUT2D eigenvalue weighted by Crippen LogP contribution is -1.88. The molecule has 2 nitrogen and oxygen atoms in total. The van der Waals surface area contributed by atoms with Crippen LogP contribution in [0.1, 0.15) is 0 Å². The third-order valence-corrected chi connectivity index (χ3v) is 4.41. The normalized spacial score (nSPS) is 16.8. The van der Waals surface area contributed by atoms with Crippen molar-refractivity contribution in [2.24, 2.45) is 21.8 Å². The van der Waals surface area contributed by atoms with E-state index in [1.54, 1.807) is 0 Å². The molecule has 2 aromatic carbocycles. The number of aliphatic imine (C=N–C) groups is 2. The molecule has 126 valence electrons. The van der Waals surface area contributed by atoms with E-state index in [1.807, 2.05) is 12.4 Å². The molecule has 2 aliphatic carbocycles. The standard InChI is InChI=1S/C24H20N2/c1-2-6-19(5-1)17-25-23-13-9-21(10-14-23)22-11-15-24(16-12-22)26-18-20-7-3-4-8-20/h1-20H. The predicted molar refractivity (Wildman–Crippen MR) is 112 cm³/mol. The van der Waals surface area contributed by atoms with Crippen LogP contribution in [-0.2, 0) is 0 Å². The van der Waals surface area contributed by atoms with Gasteiger partial charge in [0.15, 0.2) is 0 Å². The summed E-state index contributed by atoms with van der Waals surface area (Å²) in [6.45, 7) is 0. The first kappa shape index (κ1) is 16.2. The highest BCUT2D eigenvalue weighted by Gasteiger charge is 2.01. The molecule has 0 heterocycles. The number of nitrogens with zero attached hydrogens (tertiary/aromatic N) is 2. The lowest BCUT2D eigenvalue weighted by molar-refractivity contribution is 1.19. The van der Waals surface area contributed by atoms with Crippen LogP contribution in [0.15, 0.2) is 107 Å². The van der Waals surface area contributed by atoms with Gasteiger partial charge in [-0.1, -0.05) is 72.9 Å². The minimum atomic E-state index is 0.318. The van der Waals surface area contributed by atoms with Crippen LogP contribution < -0.4 is 0 Å². The van der Waals surface area contributed by atoms with Crippen LogP contribution in [0.25, 0.3) is 11.1 Å². The zero-order chi connectivity index (χ0) is 17.6. The highest BCUT2D eigenvalue weighted by atomic mass is 14.7. The van der Waals surface area contributed by atoms with Crippen molar-refractivity contribution in [1.82, 2.24) is 0 Å². The molecule has 2 aromatic rings. The Hall–Kier alpha value is -3.26. The fraction of sp³-hybridized carbons (Fsp3) is 0.0833. The molecule has 0 bridgehead atoms. The fourth-order valence-corrected chi connectivity index (χ4v) is 2.92. The maximum Gasteiger partial charge on any atom is 0.0626 e. The van der Waals surface area contributed by atoms with Crippen LogP contribution >= 0.6 is 0 Å². The first-order valence-corrected chi connectivity index (χ1v) is 8.86. The Bertz CT molecular complexity index is 820. The average molecular weight is 336 g/mol. The summed E-state index contributed by atoms with van der Waals surface area (Å²) < 4.78 is 0. The smallest absolute Gasteiger partial charge is 0.0626 e. The molecule has 0 amide bonds. The number of allylic oxidation sites excluding steroid dienone is 8. The molecule has 0 unspecified atom stereocenters. The van der Waals surface area contributed by atoms with Gasteiger partial charge in [-0.2, -0.15) is 0 Å². The van der Waals surface area contributed by atoms with Crippen LogP contribution in [-0.4, -0.2) is 12.4 Å². The van der Waals surface area contributed by atoms with Crippen molar-refractivity contribution in [2.75, 3.05) is 0 Å². The molecule has 0 atom stereocenters. The molecule has 26 heavy (non-hydrogen) atoms. The Morgan fingerprint density at radius 1 is 0.500 bits per heavy atom. The second kappa shape index (κ2) is 7.75. The van der Waals surface area contributed by atoms with E-state index in [4.69, 9.17) is 0 Å². The maximum atomic E-state index is 4.54. The Kier molecular flexibility index (Phi) is 4.83. The molecule has 0 aromatic heterocycles. The molecular weight excluding hydrogens is 316 g/mol. The SMILES string of the molecule is C1=CC(C=Nc2ccc(-c3ccc(N=CC4C=CC=C4)cc3)cc2)C=C1. The molecular formula is C24H20N2. The predicted octanol–water partition coefficient (Wildman–Crippen LogP) is 6.24. The van der Waals surface area contributed by atoms with Gasteiger partial charge in [-0.05, 0) is 35.4 Å². The summed E-state index contributed by atoms with van der Waals surface area (Å²) in [7, 11) is 0. The maximum absolute atomic E-state index is 4.54. The van der Waals surface area contributed by atoms with Crippen molar-refractivity contribution >= 4 is 23.8 Å². The van der Waals surface area contributed by atoms with Crippen molar-refractivity contribution in [3.8, 4) is 11.1 Å². The fourth-order valence-electron chi connectivity index (χ4n) is 2.92. The molecule has 0 N–H and O–H groups in total. The highest BCUT2D eigenvalue weighted by molar-refractivity contribution is 5.74. The summed E-state index contributed by atoms with van der Waals surface area (Å²) >= 11 is 0. The number of hydrogen-bond acceptors (Lipinski definition) is 2. The van der Waals surface area contributed by atoms with E-state index in [1.165, 1.54) is 11.1 Å². The monoisotopic (exact) mass is 336 g/mol. The van der Waals surface area contributed by atoms with Crippen molar-refractivity contribution in [1.29, 1.82) is 0 Å². The van der Waals surface area contributed by atoms with E-state index in [-0.39, 0.29) is 0 Å². The van der Waals surface area contributed by atoms with Gasteiger partial charge in [0.2, 0.25) is 0 Å². The zero-order valence-corrected chi connectivity index (χ0v) is 14.4. The lowest BCUT2D eigenvalue weighted by atomic mass is 10.1. The van der Waals surface area contributed by atoms with Crippen molar-refractivity contribution in [3.63, 3.8) is 0 Å². The third kappa shape index (κ3) is 4.04. The molecule has 2 aliphatic rings. The van der Waals surface area contributed by atoms with Crippen LogP contribution in [0.4, 0.5) is 11.4 Å². The van der Waals surface area contributed by atoms with Gasteiger partial charge in [0, 0.05) is 24.3 Å². The Balaban J connectivity index is 1.42. The van der Waals surface area contributed by atoms with E-state index in [9.17, 15) is 0 Å². The van der Waals surface area contributed by atoms with Crippen molar-refractivity contribution in [2.45, 2.75) is 0 Å². The number of hydrogen-bond donors (Lipinski definition) is 0. The Morgan fingerprint density at radius 2 is 0.846 bits per heavy atom. The summed E-state index contributed by atoms with van der Waals surface area (Å²) in [6.07, 6.45) is 20.6. The second-order valence-corrected chi connectivity index (χ2v) is 6.34. The van der Waals surface area contributed by atoms with E-state index >= 15 is 0 Å². The Morgan fingerprint density at radius 3 is 1.19 bits per heavy atom. The molecule has 0 aliphatic heterocycles. The van der Waals surface area contributed by atoms with Gasteiger partial charge < -0.3 is 0 Å². The van der Waals surface area contributed by atoms with Crippen LogP contribution in [0.5, 0.6) is 0 Å². The molecule has 4 rings (SSSR count). The summed E-state index contributed by atoms with van der Waals surface area (Å²) in [5, 5.41) is 0. The summed E-state index contributed by atoms with van der Waals surface area (Å²) in [4.78, 5) is 9.08. The molecule has 0 spiro atoms. The average Bonchev–Trinajstić information content (AvgIpc) is 3.40. The molecule has 0 radical (unpaired) electrons. The van der Waals surface area contributed by atoms with Gasteiger partial charge in [-0.25, -0.2) is 0 Å². The van der Waals surface area contributed by atoms with Gasteiger partial charge in [0.1, 0.15) is 0 Å². The van der Waals surface area contributed by atoms with Gasteiger partial charge in [-0.15, -0.1) is 0 Å². The van der Waals surface area contributed by atoms with Crippen LogP contribution in [0.3, 0.4) is 0 Å². The van der Waals surface area contributed by atoms with Crippen molar-refractivity contribution in [3.05, 3.63) is 97.1 Å². The topological polar surface area (TPSA) is 24.7 Å². The summed E-state index contributed by atoms with van der Waals surface area (Å²) in [5.41, 5.74) is 4.31. The minimum absolute atomic E-state index is 0.318. The molecule has 0 saturated heterocycles. The number of benzene rings is 2. The summed E-state index contributed by atoms with van der Waals surface area (Å²) in [6, 6.07) is 16.7. The third-order valence-electron chi connectivity index (χ3n) is 4.41. The number of rotatable bonds is 5. The van der Waals surface area contributed by atoms with E-state index in [2.05, 4.69) is 107 Å². The molecule has 0 saturated carbocycles. The van der Waals surface area contributed by atoms with Gasteiger partial charge in [-0.3, -0.25) is 9.98 Å². The highest BCUT2D eigenvalue weighted by Crippen LogP contribution is 2.25. The van der Waals surface area contributed by atoms with Gasteiger partial charge in [0.25, 0.3) is 0 Å². The zero-order valence-electron chi connectivity index (χ0n) is 14.4. The Labute approximate surface area is 154 Å². The first-order chi connectivity index (χ1) is 12.9. The lowest BCUT2D eigenvalue weighted by Gasteiger charge is -2.04.